The Morgan fingerprint density at radius 1 is 1.42 bits per heavy atom. The summed E-state index contributed by atoms with van der Waals surface area (Å²) in [6.07, 6.45) is 0.164. The van der Waals surface area contributed by atoms with Crippen LogP contribution < -0.4 is 15.8 Å². The summed E-state index contributed by atoms with van der Waals surface area (Å²) in [6, 6.07) is 6.10. The SMILES string of the molecule is CC(C)(CN)NC(=O)CCOc1ccccc1F.Cl. The number of benzene rings is 1. The summed E-state index contributed by atoms with van der Waals surface area (Å²) in [5.74, 6) is -0.439. The molecule has 0 bridgehead atoms. The molecule has 19 heavy (non-hydrogen) atoms. The van der Waals surface area contributed by atoms with Crippen molar-refractivity contribution < 1.29 is 13.9 Å². The lowest BCUT2D eigenvalue weighted by Crippen LogP contribution is -2.49. The Morgan fingerprint density at radius 2 is 2.05 bits per heavy atom. The van der Waals surface area contributed by atoms with E-state index in [0.717, 1.165) is 0 Å². The number of amides is 1. The van der Waals surface area contributed by atoms with Crippen LogP contribution in [0.3, 0.4) is 0 Å². The van der Waals surface area contributed by atoms with Gasteiger partial charge in [0.25, 0.3) is 0 Å². The fraction of sp³-hybridized carbons (Fsp3) is 0.462. The molecular weight excluding hydrogens is 271 g/mol. The van der Waals surface area contributed by atoms with Crippen LogP contribution in [0, 0.1) is 5.82 Å². The van der Waals surface area contributed by atoms with E-state index in [4.69, 9.17) is 10.5 Å². The van der Waals surface area contributed by atoms with Crippen molar-refractivity contribution in [1.82, 2.24) is 5.32 Å². The number of nitrogens with two attached hydrogens (primary N) is 1. The first kappa shape index (κ1) is 17.7. The van der Waals surface area contributed by atoms with Crippen molar-refractivity contribution in [3.05, 3.63) is 30.1 Å². The quantitative estimate of drug-likeness (QED) is 0.841. The summed E-state index contributed by atoms with van der Waals surface area (Å²) in [7, 11) is 0. The Bertz CT molecular complexity index is 413. The summed E-state index contributed by atoms with van der Waals surface area (Å²) in [5, 5.41) is 2.77. The van der Waals surface area contributed by atoms with Gasteiger partial charge in [-0.3, -0.25) is 4.79 Å². The van der Waals surface area contributed by atoms with E-state index in [1.54, 1.807) is 12.1 Å². The predicted octanol–water partition coefficient (Wildman–Crippen LogP) is 1.87. The lowest BCUT2D eigenvalue weighted by atomic mass is 10.1. The zero-order valence-electron chi connectivity index (χ0n) is 11.1. The summed E-state index contributed by atoms with van der Waals surface area (Å²) in [4.78, 5) is 11.6. The molecule has 0 saturated carbocycles. The fourth-order valence-electron chi connectivity index (χ4n) is 1.31. The number of ether oxygens (including phenoxy) is 1. The van der Waals surface area contributed by atoms with E-state index in [-0.39, 0.29) is 37.1 Å². The van der Waals surface area contributed by atoms with Gasteiger partial charge in [0.1, 0.15) is 0 Å². The van der Waals surface area contributed by atoms with Gasteiger partial charge in [-0.25, -0.2) is 4.39 Å². The van der Waals surface area contributed by atoms with Crippen LogP contribution in [0.1, 0.15) is 20.3 Å². The maximum Gasteiger partial charge on any atom is 0.223 e. The highest BCUT2D eigenvalue weighted by Crippen LogP contribution is 2.15. The minimum Gasteiger partial charge on any atom is -0.490 e. The molecule has 0 atom stereocenters. The Kier molecular flexibility index (Phi) is 7.41. The minimum absolute atomic E-state index is 0. The van der Waals surface area contributed by atoms with E-state index >= 15 is 0 Å². The molecule has 0 aliphatic heterocycles. The molecule has 1 rings (SSSR count). The molecule has 3 N–H and O–H groups in total. The fourth-order valence-corrected chi connectivity index (χ4v) is 1.31. The average molecular weight is 291 g/mol. The molecule has 1 amide bonds. The number of rotatable bonds is 6. The normalized spacial score (nSPS) is 10.5. The average Bonchev–Trinajstić information content (AvgIpc) is 2.31. The molecule has 1 aromatic rings. The standard InChI is InChI=1S/C13H19FN2O2.ClH/c1-13(2,9-15)16-12(17)7-8-18-11-6-4-3-5-10(11)14;/h3-6H,7-9,15H2,1-2H3,(H,16,17);1H. The number of carbonyl (C=O) groups is 1. The van der Waals surface area contributed by atoms with Crippen molar-refractivity contribution in [3.63, 3.8) is 0 Å². The van der Waals surface area contributed by atoms with Gasteiger partial charge in [0.2, 0.25) is 5.91 Å². The molecule has 108 valence electrons. The number of halogens is 2. The molecule has 0 saturated heterocycles. The number of nitrogens with one attached hydrogen (secondary N) is 1. The molecule has 6 heteroatoms. The van der Waals surface area contributed by atoms with Gasteiger partial charge in [-0.2, -0.15) is 0 Å². The third-order valence-electron chi connectivity index (χ3n) is 2.41. The zero-order valence-corrected chi connectivity index (χ0v) is 11.9. The highest BCUT2D eigenvalue weighted by atomic mass is 35.5. The summed E-state index contributed by atoms with van der Waals surface area (Å²) in [6.45, 7) is 4.16. The molecule has 0 fully saturated rings. The van der Waals surface area contributed by atoms with Crippen LogP contribution in [0.5, 0.6) is 5.75 Å². The zero-order chi connectivity index (χ0) is 13.6. The van der Waals surface area contributed by atoms with Crippen LogP contribution in [0.15, 0.2) is 24.3 Å². The molecule has 0 spiro atoms. The van der Waals surface area contributed by atoms with Gasteiger partial charge < -0.3 is 15.8 Å². The van der Waals surface area contributed by atoms with Gasteiger partial charge in [-0.05, 0) is 26.0 Å². The third kappa shape index (κ3) is 6.40. The first-order valence-corrected chi connectivity index (χ1v) is 5.83. The summed E-state index contributed by atoms with van der Waals surface area (Å²) >= 11 is 0. The van der Waals surface area contributed by atoms with Crippen molar-refractivity contribution in [2.45, 2.75) is 25.8 Å². The number of hydrogen-bond acceptors (Lipinski definition) is 3. The van der Waals surface area contributed by atoms with Crippen LogP contribution in [-0.2, 0) is 4.79 Å². The van der Waals surface area contributed by atoms with Gasteiger partial charge in [-0.1, -0.05) is 12.1 Å². The molecule has 0 radical (unpaired) electrons. The molecule has 4 nitrogen and oxygen atoms in total. The molecular formula is C13H20ClFN2O2. The van der Waals surface area contributed by atoms with Gasteiger partial charge in [0.05, 0.1) is 13.0 Å². The molecule has 0 aliphatic rings. The van der Waals surface area contributed by atoms with Crippen LogP contribution in [-0.4, -0.2) is 24.6 Å². The second-order valence-electron chi connectivity index (χ2n) is 4.67. The van der Waals surface area contributed by atoms with Crippen molar-refractivity contribution in [1.29, 1.82) is 0 Å². The maximum atomic E-state index is 13.2. The lowest BCUT2D eigenvalue weighted by Gasteiger charge is -2.24. The van der Waals surface area contributed by atoms with Crippen LogP contribution in [0.25, 0.3) is 0 Å². The van der Waals surface area contributed by atoms with E-state index < -0.39 is 11.4 Å². The third-order valence-corrected chi connectivity index (χ3v) is 2.41. The predicted molar refractivity (Wildman–Crippen MR) is 75.0 cm³/mol. The molecule has 0 aromatic heterocycles. The number of para-hydroxylation sites is 1. The summed E-state index contributed by atoms with van der Waals surface area (Å²) < 4.78 is 18.4. The number of carbonyl (C=O) groups excluding carboxylic acids is 1. The van der Waals surface area contributed by atoms with E-state index in [1.165, 1.54) is 12.1 Å². The van der Waals surface area contributed by atoms with Gasteiger partial charge in [-0.15, -0.1) is 12.4 Å². The van der Waals surface area contributed by atoms with Crippen molar-refractivity contribution in [3.8, 4) is 5.75 Å². The Hall–Kier alpha value is -1.33. The molecule has 0 unspecified atom stereocenters. The van der Waals surface area contributed by atoms with Crippen molar-refractivity contribution in [2.75, 3.05) is 13.2 Å². The smallest absolute Gasteiger partial charge is 0.223 e. The van der Waals surface area contributed by atoms with Crippen LogP contribution in [0.2, 0.25) is 0 Å². The maximum absolute atomic E-state index is 13.2. The van der Waals surface area contributed by atoms with Crippen molar-refractivity contribution in [2.24, 2.45) is 5.73 Å². The van der Waals surface area contributed by atoms with Gasteiger partial charge in [0, 0.05) is 12.1 Å². The van der Waals surface area contributed by atoms with Gasteiger partial charge >= 0.3 is 0 Å². The highest BCUT2D eigenvalue weighted by Gasteiger charge is 2.17. The van der Waals surface area contributed by atoms with E-state index in [0.29, 0.717) is 6.54 Å². The lowest BCUT2D eigenvalue weighted by molar-refractivity contribution is -0.123. The monoisotopic (exact) mass is 290 g/mol. The second kappa shape index (κ2) is 7.96. The minimum atomic E-state index is -0.435. The largest absolute Gasteiger partial charge is 0.490 e. The molecule has 0 heterocycles. The van der Waals surface area contributed by atoms with Crippen molar-refractivity contribution >= 4 is 18.3 Å². The Morgan fingerprint density at radius 3 is 2.63 bits per heavy atom. The van der Waals surface area contributed by atoms with E-state index in [2.05, 4.69) is 5.32 Å². The number of hydrogen-bond donors (Lipinski definition) is 2. The topological polar surface area (TPSA) is 64.3 Å². The molecule has 0 aliphatic carbocycles. The Labute approximate surface area is 118 Å². The second-order valence-corrected chi connectivity index (χ2v) is 4.67. The first-order chi connectivity index (χ1) is 8.44. The molecule has 1 aromatic carbocycles. The van der Waals surface area contributed by atoms with Gasteiger partial charge in [0.15, 0.2) is 11.6 Å². The Balaban J connectivity index is 0.00000324. The highest BCUT2D eigenvalue weighted by molar-refractivity contribution is 5.85. The van der Waals surface area contributed by atoms with E-state index in [1.807, 2.05) is 13.8 Å². The van der Waals surface area contributed by atoms with E-state index in [9.17, 15) is 9.18 Å². The first-order valence-electron chi connectivity index (χ1n) is 5.83. The van der Waals surface area contributed by atoms with Crippen LogP contribution >= 0.6 is 12.4 Å². The summed E-state index contributed by atoms with van der Waals surface area (Å²) in [5.41, 5.74) is 5.06. The van der Waals surface area contributed by atoms with Crippen LogP contribution in [0.4, 0.5) is 4.39 Å².